The molecule has 118 valence electrons. The van der Waals surface area contributed by atoms with E-state index in [1.54, 1.807) is 6.92 Å². The van der Waals surface area contributed by atoms with Crippen molar-refractivity contribution in [2.24, 2.45) is 0 Å². The third kappa shape index (κ3) is 2.91. The Bertz CT molecular complexity index is 731. The minimum absolute atomic E-state index is 0.234. The molecule has 0 aliphatic rings. The number of carbonyl (C=O) groups excluding carboxylic acids is 1. The van der Waals surface area contributed by atoms with Gasteiger partial charge in [0.05, 0.1) is 12.1 Å². The third-order valence-corrected chi connectivity index (χ3v) is 3.75. The summed E-state index contributed by atoms with van der Waals surface area (Å²) in [6.07, 6.45) is 2.76. The lowest BCUT2D eigenvalue weighted by Crippen LogP contribution is -2.32. The van der Waals surface area contributed by atoms with Crippen molar-refractivity contribution in [1.29, 1.82) is 0 Å². The second-order valence-electron chi connectivity index (χ2n) is 5.31. The van der Waals surface area contributed by atoms with Gasteiger partial charge in [-0.15, -0.1) is 0 Å². The number of hydrogen-bond acceptors (Lipinski definition) is 3. The number of nitrogens with zero attached hydrogens (tertiary/aromatic N) is 1. The van der Waals surface area contributed by atoms with Crippen LogP contribution in [0, 0.1) is 0 Å². The molecule has 0 bridgehead atoms. The molecule has 1 heterocycles. The van der Waals surface area contributed by atoms with Crippen LogP contribution in [0.15, 0.2) is 29.1 Å². The monoisotopic (exact) mass is 301 g/mol. The number of rotatable bonds is 5. The Morgan fingerprint density at radius 3 is 2.32 bits per heavy atom. The van der Waals surface area contributed by atoms with E-state index in [1.165, 1.54) is 4.57 Å². The zero-order valence-corrected chi connectivity index (χ0v) is 13.5. The Morgan fingerprint density at radius 1 is 1.05 bits per heavy atom. The first-order valence-corrected chi connectivity index (χ1v) is 7.98. The van der Waals surface area contributed by atoms with Crippen molar-refractivity contribution in [3.8, 4) is 0 Å². The van der Waals surface area contributed by atoms with Crippen molar-refractivity contribution in [3.05, 3.63) is 45.7 Å². The fraction of sp³-hybridized carbons (Fsp3) is 0.444. The number of hydrogen-bond donors (Lipinski definition) is 0. The standard InChI is InChI=1S/C18H23NO3/c1-4-9-13-14-11-7-8-12-16(14)19(18(21)22-6-3)17(20)15(13)10-5-2/h7-8,11-12H,4-6,9-10H2,1-3H3. The van der Waals surface area contributed by atoms with Gasteiger partial charge in [-0.3, -0.25) is 4.79 Å². The van der Waals surface area contributed by atoms with E-state index in [2.05, 4.69) is 6.92 Å². The average Bonchev–Trinajstić information content (AvgIpc) is 2.51. The summed E-state index contributed by atoms with van der Waals surface area (Å²) in [7, 11) is 0. The van der Waals surface area contributed by atoms with Gasteiger partial charge in [-0.1, -0.05) is 44.9 Å². The van der Waals surface area contributed by atoms with E-state index in [4.69, 9.17) is 4.74 Å². The third-order valence-electron chi connectivity index (χ3n) is 3.75. The first-order valence-electron chi connectivity index (χ1n) is 7.98. The van der Waals surface area contributed by atoms with Crippen molar-refractivity contribution in [2.75, 3.05) is 6.61 Å². The topological polar surface area (TPSA) is 48.3 Å². The lowest BCUT2D eigenvalue weighted by Gasteiger charge is -2.16. The average molecular weight is 301 g/mol. The molecule has 0 aliphatic carbocycles. The van der Waals surface area contributed by atoms with E-state index in [-0.39, 0.29) is 12.2 Å². The molecule has 2 aromatic rings. The van der Waals surface area contributed by atoms with E-state index in [9.17, 15) is 9.59 Å². The SMILES string of the molecule is CCCc1c(CCC)c2ccccc2n(C(=O)OCC)c1=O. The molecule has 22 heavy (non-hydrogen) atoms. The Balaban J connectivity index is 2.84. The van der Waals surface area contributed by atoms with Crippen molar-refractivity contribution in [3.63, 3.8) is 0 Å². The van der Waals surface area contributed by atoms with Crippen molar-refractivity contribution < 1.29 is 9.53 Å². The van der Waals surface area contributed by atoms with Crippen LogP contribution in [-0.2, 0) is 17.6 Å². The Labute approximate surface area is 130 Å². The number of fused-ring (bicyclic) bond motifs is 1. The van der Waals surface area contributed by atoms with Crippen LogP contribution in [0.5, 0.6) is 0 Å². The normalized spacial score (nSPS) is 10.9. The van der Waals surface area contributed by atoms with Gasteiger partial charge >= 0.3 is 6.09 Å². The maximum Gasteiger partial charge on any atom is 0.421 e. The number of pyridine rings is 1. The summed E-state index contributed by atoms with van der Waals surface area (Å²) in [5.41, 5.74) is 2.22. The summed E-state index contributed by atoms with van der Waals surface area (Å²) < 4.78 is 6.26. The molecule has 0 radical (unpaired) electrons. The molecule has 0 fully saturated rings. The highest BCUT2D eigenvalue weighted by Crippen LogP contribution is 2.22. The molecule has 1 aromatic carbocycles. The van der Waals surface area contributed by atoms with Crippen molar-refractivity contribution >= 4 is 17.0 Å². The van der Waals surface area contributed by atoms with Gasteiger partial charge < -0.3 is 4.74 Å². The predicted molar refractivity (Wildman–Crippen MR) is 88.6 cm³/mol. The molecule has 0 atom stereocenters. The Kier molecular flexibility index (Phi) is 5.36. The lowest BCUT2D eigenvalue weighted by molar-refractivity contribution is 0.154. The molecule has 2 rings (SSSR count). The molecular weight excluding hydrogens is 278 g/mol. The Hall–Kier alpha value is -2.10. The number of aryl methyl sites for hydroxylation is 1. The van der Waals surface area contributed by atoms with Crippen LogP contribution < -0.4 is 5.56 Å². The first-order chi connectivity index (χ1) is 10.7. The summed E-state index contributed by atoms with van der Waals surface area (Å²) in [4.78, 5) is 25.1. The van der Waals surface area contributed by atoms with Gasteiger partial charge in [0.25, 0.3) is 5.56 Å². The number of benzene rings is 1. The highest BCUT2D eigenvalue weighted by atomic mass is 16.5. The number of aromatic nitrogens is 1. The molecule has 4 heteroatoms. The molecule has 4 nitrogen and oxygen atoms in total. The highest BCUT2D eigenvalue weighted by Gasteiger charge is 2.19. The highest BCUT2D eigenvalue weighted by molar-refractivity contribution is 5.91. The summed E-state index contributed by atoms with van der Waals surface area (Å²) in [6, 6.07) is 7.57. The molecule has 0 unspecified atom stereocenters. The number of ether oxygens (including phenoxy) is 1. The van der Waals surface area contributed by atoms with Gasteiger partial charge in [-0.2, -0.15) is 0 Å². The van der Waals surface area contributed by atoms with Crippen LogP contribution in [-0.4, -0.2) is 17.3 Å². The number of para-hydroxylation sites is 1. The minimum Gasteiger partial charge on any atom is -0.449 e. The maximum absolute atomic E-state index is 12.8. The molecule has 1 aromatic heterocycles. The second-order valence-corrected chi connectivity index (χ2v) is 5.31. The van der Waals surface area contributed by atoms with Gasteiger partial charge in [0.15, 0.2) is 0 Å². The molecule has 0 N–H and O–H groups in total. The van der Waals surface area contributed by atoms with Gasteiger partial charge in [0.1, 0.15) is 0 Å². The van der Waals surface area contributed by atoms with Gasteiger partial charge in [-0.05, 0) is 31.4 Å². The lowest BCUT2D eigenvalue weighted by atomic mass is 9.96. The summed E-state index contributed by atoms with van der Waals surface area (Å²) in [6.45, 7) is 6.13. The minimum atomic E-state index is -0.593. The van der Waals surface area contributed by atoms with E-state index in [0.717, 1.165) is 35.8 Å². The molecule has 0 saturated carbocycles. The quantitative estimate of drug-likeness (QED) is 0.841. The van der Waals surface area contributed by atoms with Crippen LogP contribution in [0.25, 0.3) is 10.9 Å². The van der Waals surface area contributed by atoms with Crippen LogP contribution in [0.3, 0.4) is 0 Å². The number of carbonyl (C=O) groups is 1. The summed E-state index contributed by atoms with van der Waals surface area (Å²) >= 11 is 0. The fourth-order valence-corrected chi connectivity index (χ4v) is 2.87. The zero-order chi connectivity index (χ0) is 16.1. The maximum atomic E-state index is 12.8. The van der Waals surface area contributed by atoms with Crippen molar-refractivity contribution in [2.45, 2.75) is 46.5 Å². The first kappa shape index (κ1) is 16.3. The van der Waals surface area contributed by atoms with E-state index >= 15 is 0 Å². The summed E-state index contributed by atoms with van der Waals surface area (Å²) in [5.74, 6) is 0. The fourth-order valence-electron chi connectivity index (χ4n) is 2.87. The smallest absolute Gasteiger partial charge is 0.421 e. The molecule has 0 spiro atoms. The van der Waals surface area contributed by atoms with E-state index < -0.39 is 6.09 Å². The van der Waals surface area contributed by atoms with Crippen LogP contribution >= 0.6 is 0 Å². The molecule has 0 aliphatic heterocycles. The zero-order valence-electron chi connectivity index (χ0n) is 13.5. The van der Waals surface area contributed by atoms with Crippen LogP contribution in [0.1, 0.15) is 44.7 Å². The predicted octanol–water partition coefficient (Wildman–Crippen LogP) is 3.91. The van der Waals surface area contributed by atoms with Gasteiger partial charge in [0.2, 0.25) is 0 Å². The van der Waals surface area contributed by atoms with Crippen molar-refractivity contribution in [1.82, 2.24) is 4.57 Å². The van der Waals surface area contributed by atoms with Gasteiger partial charge in [0, 0.05) is 10.9 Å². The summed E-state index contributed by atoms with van der Waals surface area (Å²) in [5, 5.41) is 0.973. The largest absolute Gasteiger partial charge is 0.449 e. The van der Waals surface area contributed by atoms with Gasteiger partial charge in [-0.25, -0.2) is 9.36 Å². The van der Waals surface area contributed by atoms with Crippen LogP contribution in [0.2, 0.25) is 0 Å². The molecule has 0 amide bonds. The second kappa shape index (κ2) is 7.25. The van der Waals surface area contributed by atoms with Crippen LogP contribution in [0.4, 0.5) is 4.79 Å². The Morgan fingerprint density at radius 2 is 1.68 bits per heavy atom. The van der Waals surface area contributed by atoms with E-state index in [1.807, 2.05) is 31.2 Å². The molecule has 0 saturated heterocycles. The molecular formula is C18H23NO3. The van der Waals surface area contributed by atoms with E-state index in [0.29, 0.717) is 11.9 Å².